The van der Waals surface area contributed by atoms with Crippen LogP contribution in [-0.4, -0.2) is 37.4 Å². The molecule has 17 heavy (non-hydrogen) atoms. The third-order valence-electron chi connectivity index (χ3n) is 2.29. The van der Waals surface area contributed by atoms with Crippen LogP contribution in [0.5, 0.6) is 0 Å². The molecule has 0 fully saturated rings. The van der Waals surface area contributed by atoms with Crippen molar-refractivity contribution in [2.45, 2.75) is 19.3 Å². The van der Waals surface area contributed by atoms with E-state index in [1.165, 1.54) is 20.4 Å². The summed E-state index contributed by atoms with van der Waals surface area (Å²) in [7, 11) is 3.01. The molecule has 1 amide bonds. The van der Waals surface area contributed by atoms with Crippen molar-refractivity contribution in [2.24, 2.45) is 0 Å². The van der Waals surface area contributed by atoms with E-state index in [2.05, 4.69) is 10.3 Å². The van der Waals surface area contributed by atoms with Gasteiger partial charge in [-0.25, -0.2) is 4.98 Å². The van der Waals surface area contributed by atoms with Crippen molar-refractivity contribution in [3.05, 3.63) is 24.0 Å². The van der Waals surface area contributed by atoms with E-state index in [-0.39, 0.29) is 17.6 Å². The van der Waals surface area contributed by atoms with Gasteiger partial charge in [0.2, 0.25) is 0 Å². The average molecular weight is 239 g/mol. The van der Waals surface area contributed by atoms with E-state index in [4.69, 9.17) is 15.2 Å². The Labute approximate surface area is 100 Å². The van der Waals surface area contributed by atoms with Crippen molar-refractivity contribution in [1.29, 1.82) is 0 Å². The van der Waals surface area contributed by atoms with Gasteiger partial charge in [-0.3, -0.25) is 4.79 Å². The summed E-state index contributed by atoms with van der Waals surface area (Å²) >= 11 is 0. The Kier molecular flexibility index (Phi) is 4.86. The molecule has 1 aromatic heterocycles. The molecule has 0 aliphatic heterocycles. The molecule has 1 rings (SSSR count). The lowest BCUT2D eigenvalue weighted by Crippen LogP contribution is -2.43. The largest absolute Gasteiger partial charge is 0.397 e. The maximum Gasteiger partial charge on any atom is 0.272 e. The van der Waals surface area contributed by atoms with Crippen LogP contribution in [0.2, 0.25) is 0 Å². The minimum atomic E-state index is -0.510. The van der Waals surface area contributed by atoms with Crippen LogP contribution in [-0.2, 0) is 9.47 Å². The lowest BCUT2D eigenvalue weighted by molar-refractivity contribution is -0.117. The van der Waals surface area contributed by atoms with E-state index < -0.39 is 6.29 Å². The molecule has 1 unspecified atom stereocenters. The van der Waals surface area contributed by atoms with Gasteiger partial charge in [0, 0.05) is 20.4 Å². The summed E-state index contributed by atoms with van der Waals surface area (Å²) in [5.74, 6) is -0.352. The van der Waals surface area contributed by atoms with Crippen molar-refractivity contribution in [2.75, 3.05) is 20.0 Å². The second-order valence-corrected chi connectivity index (χ2v) is 3.54. The maximum absolute atomic E-state index is 11.8. The van der Waals surface area contributed by atoms with Crippen LogP contribution in [0, 0.1) is 0 Å². The predicted molar refractivity (Wildman–Crippen MR) is 63.4 cm³/mol. The van der Waals surface area contributed by atoms with E-state index in [0.717, 1.165) is 0 Å². The highest BCUT2D eigenvalue weighted by Gasteiger charge is 2.20. The molecule has 1 heterocycles. The van der Waals surface area contributed by atoms with Gasteiger partial charge in [-0.15, -0.1) is 0 Å². The van der Waals surface area contributed by atoms with Crippen LogP contribution in [0.3, 0.4) is 0 Å². The summed E-state index contributed by atoms with van der Waals surface area (Å²) in [5.41, 5.74) is 6.19. The van der Waals surface area contributed by atoms with Crippen molar-refractivity contribution in [3.8, 4) is 0 Å². The number of nitrogen functional groups attached to an aromatic ring is 1. The Morgan fingerprint density at radius 1 is 1.47 bits per heavy atom. The smallest absolute Gasteiger partial charge is 0.272 e. The molecule has 0 saturated heterocycles. The van der Waals surface area contributed by atoms with Gasteiger partial charge in [-0.05, 0) is 19.1 Å². The number of hydrogen-bond donors (Lipinski definition) is 2. The second kappa shape index (κ2) is 6.17. The Hall–Kier alpha value is -1.66. The normalized spacial score (nSPS) is 12.5. The predicted octanol–water partition coefficient (Wildman–Crippen LogP) is 0.401. The van der Waals surface area contributed by atoms with Gasteiger partial charge < -0.3 is 20.5 Å². The quantitative estimate of drug-likeness (QED) is 0.726. The fourth-order valence-electron chi connectivity index (χ4n) is 1.46. The summed E-state index contributed by atoms with van der Waals surface area (Å²) in [4.78, 5) is 15.8. The standard InChI is InChI=1S/C11H17N3O3/c1-7(11(16-2)17-3)14-10(15)9-8(12)5-4-6-13-9/h4-7,11H,12H2,1-3H3,(H,14,15). The number of methoxy groups -OCH3 is 2. The molecule has 1 aromatic rings. The molecule has 0 aromatic carbocycles. The van der Waals surface area contributed by atoms with Gasteiger partial charge in [-0.2, -0.15) is 0 Å². The van der Waals surface area contributed by atoms with Gasteiger partial charge in [-0.1, -0.05) is 0 Å². The minimum absolute atomic E-state index is 0.199. The van der Waals surface area contributed by atoms with Crippen molar-refractivity contribution >= 4 is 11.6 Å². The zero-order valence-corrected chi connectivity index (χ0v) is 10.1. The lowest BCUT2D eigenvalue weighted by Gasteiger charge is -2.22. The molecule has 0 aliphatic rings. The molecule has 0 saturated carbocycles. The number of ether oxygens (including phenoxy) is 2. The van der Waals surface area contributed by atoms with E-state index in [1.807, 2.05) is 0 Å². The Morgan fingerprint density at radius 3 is 2.65 bits per heavy atom. The van der Waals surface area contributed by atoms with E-state index in [0.29, 0.717) is 5.69 Å². The summed E-state index contributed by atoms with van der Waals surface area (Å²) in [5, 5.41) is 2.71. The van der Waals surface area contributed by atoms with Crippen LogP contribution in [0.15, 0.2) is 18.3 Å². The minimum Gasteiger partial charge on any atom is -0.397 e. The van der Waals surface area contributed by atoms with Crippen LogP contribution in [0.1, 0.15) is 17.4 Å². The SMILES string of the molecule is COC(OC)C(C)NC(=O)c1ncccc1N. The summed E-state index contributed by atoms with van der Waals surface area (Å²) in [6.45, 7) is 1.77. The lowest BCUT2D eigenvalue weighted by atomic mass is 10.2. The first kappa shape index (κ1) is 13.4. The zero-order valence-electron chi connectivity index (χ0n) is 10.1. The number of nitrogens with one attached hydrogen (secondary N) is 1. The highest BCUT2D eigenvalue weighted by atomic mass is 16.7. The summed E-state index contributed by atoms with van der Waals surface area (Å²) in [6, 6.07) is 2.98. The van der Waals surface area contributed by atoms with Crippen LogP contribution in [0.25, 0.3) is 0 Å². The van der Waals surface area contributed by atoms with Crippen LogP contribution >= 0.6 is 0 Å². The number of anilines is 1. The molecular formula is C11H17N3O3. The molecule has 0 bridgehead atoms. The number of rotatable bonds is 5. The van der Waals surface area contributed by atoms with Gasteiger partial charge in [0.15, 0.2) is 12.0 Å². The molecule has 3 N–H and O–H groups in total. The molecule has 94 valence electrons. The van der Waals surface area contributed by atoms with Crippen molar-refractivity contribution < 1.29 is 14.3 Å². The summed E-state index contributed by atoms with van der Waals surface area (Å²) in [6.07, 6.45) is 1.00. The van der Waals surface area contributed by atoms with Gasteiger partial charge >= 0.3 is 0 Å². The highest BCUT2D eigenvalue weighted by molar-refractivity contribution is 5.97. The first-order valence-electron chi connectivity index (χ1n) is 5.17. The van der Waals surface area contributed by atoms with E-state index in [1.54, 1.807) is 19.1 Å². The number of carbonyl (C=O) groups excluding carboxylic acids is 1. The molecule has 1 atom stereocenters. The number of amides is 1. The number of pyridine rings is 1. The Balaban J connectivity index is 2.70. The van der Waals surface area contributed by atoms with Crippen molar-refractivity contribution in [3.63, 3.8) is 0 Å². The Morgan fingerprint density at radius 2 is 2.12 bits per heavy atom. The third kappa shape index (κ3) is 3.40. The molecular weight excluding hydrogens is 222 g/mol. The van der Waals surface area contributed by atoms with Gasteiger partial charge in [0.1, 0.15) is 0 Å². The topological polar surface area (TPSA) is 86.5 Å². The maximum atomic E-state index is 11.8. The number of aromatic nitrogens is 1. The molecule has 6 nitrogen and oxygen atoms in total. The average Bonchev–Trinajstić information content (AvgIpc) is 2.31. The molecule has 0 spiro atoms. The number of hydrogen-bond acceptors (Lipinski definition) is 5. The number of nitrogens with two attached hydrogens (primary N) is 1. The van der Waals surface area contributed by atoms with E-state index in [9.17, 15) is 4.79 Å². The zero-order chi connectivity index (χ0) is 12.8. The first-order valence-corrected chi connectivity index (χ1v) is 5.17. The van der Waals surface area contributed by atoms with E-state index >= 15 is 0 Å². The van der Waals surface area contributed by atoms with Crippen molar-refractivity contribution in [1.82, 2.24) is 10.3 Å². The Bertz CT molecular complexity index is 380. The molecule has 0 aliphatic carbocycles. The van der Waals surface area contributed by atoms with Crippen LogP contribution < -0.4 is 11.1 Å². The highest BCUT2D eigenvalue weighted by Crippen LogP contribution is 2.07. The monoisotopic (exact) mass is 239 g/mol. The first-order chi connectivity index (χ1) is 8.10. The number of nitrogens with zero attached hydrogens (tertiary/aromatic N) is 1. The third-order valence-corrected chi connectivity index (χ3v) is 2.29. The fourth-order valence-corrected chi connectivity index (χ4v) is 1.46. The molecule has 0 radical (unpaired) electrons. The van der Waals surface area contributed by atoms with Crippen LogP contribution in [0.4, 0.5) is 5.69 Å². The van der Waals surface area contributed by atoms with Gasteiger partial charge in [0.25, 0.3) is 5.91 Å². The second-order valence-electron chi connectivity index (χ2n) is 3.54. The number of carbonyl (C=O) groups is 1. The summed E-state index contributed by atoms with van der Waals surface area (Å²) < 4.78 is 10.1. The van der Waals surface area contributed by atoms with Gasteiger partial charge in [0.05, 0.1) is 11.7 Å². The molecule has 6 heteroatoms. The fraction of sp³-hybridized carbons (Fsp3) is 0.455.